The highest BCUT2D eigenvalue weighted by Gasteiger charge is 2.29. The molecule has 0 amide bonds. The lowest BCUT2D eigenvalue weighted by molar-refractivity contribution is -0.142. The summed E-state index contributed by atoms with van der Waals surface area (Å²) >= 11 is 13.4. The van der Waals surface area contributed by atoms with Crippen LogP contribution >= 0.6 is 23.2 Å². The molecule has 197 valence electrons. The Labute approximate surface area is 227 Å². The largest absolute Gasteiger partial charge is 0.495 e. The molecule has 9 heteroatoms. The second-order valence-corrected chi connectivity index (χ2v) is 8.45. The van der Waals surface area contributed by atoms with Crippen LogP contribution in [-0.2, 0) is 19.0 Å². The Kier molecular flexibility index (Phi) is 11.4. The van der Waals surface area contributed by atoms with Gasteiger partial charge in [-0.2, -0.15) is 0 Å². The Morgan fingerprint density at radius 1 is 0.730 bits per heavy atom. The van der Waals surface area contributed by atoms with Gasteiger partial charge in [-0.15, -0.1) is 0 Å². The molecule has 0 atom stereocenters. The number of hydrogen-bond acceptors (Lipinski definition) is 7. The van der Waals surface area contributed by atoms with Gasteiger partial charge in [0.15, 0.2) is 17.6 Å². The molecule has 1 radical (unpaired) electrons. The number of hydrogen-bond donors (Lipinski definition) is 0. The van der Waals surface area contributed by atoms with Crippen LogP contribution in [0.1, 0.15) is 22.8 Å². The number of esters is 1. The van der Waals surface area contributed by atoms with Crippen molar-refractivity contribution in [2.75, 3.05) is 47.8 Å². The van der Waals surface area contributed by atoms with Gasteiger partial charge in [0, 0.05) is 19.8 Å². The van der Waals surface area contributed by atoms with Crippen molar-refractivity contribution >= 4 is 29.2 Å². The Morgan fingerprint density at radius 3 is 1.68 bits per heavy atom. The lowest BCUT2D eigenvalue weighted by atomic mass is 10.0. The second kappa shape index (κ2) is 14.7. The van der Waals surface area contributed by atoms with Crippen LogP contribution in [0.3, 0.4) is 0 Å². The topological polar surface area (TPSA) is 72.5 Å². The standard InChI is InChI=1S/C28H29Cl2O7/c1-32-14-16-35-27-23(29)21(26(34-3)24(30)28(27)36-17-15-33-2)18-22(31)37-25(19-10-6-4-7-11-19)20-12-8-5-9-13-20/h4-13,18,25H,14-17H2,1-3H3. The minimum atomic E-state index is -0.648. The minimum Gasteiger partial charge on any atom is -0.495 e. The molecule has 0 unspecified atom stereocenters. The van der Waals surface area contributed by atoms with Gasteiger partial charge in [-0.05, 0) is 11.1 Å². The molecule has 0 N–H and O–H groups in total. The summed E-state index contributed by atoms with van der Waals surface area (Å²) < 4.78 is 33.2. The van der Waals surface area contributed by atoms with E-state index in [1.165, 1.54) is 13.5 Å². The van der Waals surface area contributed by atoms with Gasteiger partial charge in [-0.1, -0.05) is 83.9 Å². The summed E-state index contributed by atoms with van der Waals surface area (Å²) in [6.07, 6.45) is 0.592. The maximum atomic E-state index is 13.2. The molecule has 0 fully saturated rings. The molecular weight excluding hydrogens is 519 g/mol. The zero-order valence-electron chi connectivity index (χ0n) is 20.9. The van der Waals surface area contributed by atoms with Crippen LogP contribution in [-0.4, -0.2) is 53.7 Å². The van der Waals surface area contributed by atoms with Gasteiger partial charge in [0.2, 0.25) is 0 Å². The molecule has 0 aromatic heterocycles. The van der Waals surface area contributed by atoms with Crippen molar-refractivity contribution in [3.63, 3.8) is 0 Å². The quantitative estimate of drug-likeness (QED) is 0.183. The molecule has 0 aliphatic carbocycles. The number of halogens is 2. The third-order valence-electron chi connectivity index (χ3n) is 5.26. The number of carbonyl (C=O) groups is 1. The van der Waals surface area contributed by atoms with Gasteiger partial charge < -0.3 is 28.4 Å². The monoisotopic (exact) mass is 547 g/mol. The average molecular weight is 548 g/mol. The number of carbonyl (C=O) groups excluding carboxylic acids is 1. The van der Waals surface area contributed by atoms with Crippen LogP contribution in [0.4, 0.5) is 0 Å². The average Bonchev–Trinajstić information content (AvgIpc) is 2.92. The van der Waals surface area contributed by atoms with Gasteiger partial charge in [-0.3, -0.25) is 4.79 Å². The maximum absolute atomic E-state index is 13.2. The Balaban J connectivity index is 1.95. The summed E-state index contributed by atoms with van der Waals surface area (Å²) in [5.41, 5.74) is 1.83. The van der Waals surface area contributed by atoms with E-state index in [0.29, 0.717) is 13.2 Å². The van der Waals surface area contributed by atoms with Crippen LogP contribution in [0.5, 0.6) is 17.2 Å². The highest BCUT2D eigenvalue weighted by Crippen LogP contribution is 2.50. The van der Waals surface area contributed by atoms with Crippen molar-refractivity contribution < 1.29 is 33.2 Å². The van der Waals surface area contributed by atoms with E-state index in [9.17, 15) is 4.79 Å². The lowest BCUT2D eigenvalue weighted by Gasteiger charge is -2.22. The van der Waals surface area contributed by atoms with E-state index < -0.39 is 12.1 Å². The molecule has 0 bridgehead atoms. The normalized spacial score (nSPS) is 10.9. The van der Waals surface area contributed by atoms with Crippen LogP contribution < -0.4 is 14.2 Å². The van der Waals surface area contributed by atoms with Crippen molar-refractivity contribution in [3.05, 3.63) is 93.8 Å². The van der Waals surface area contributed by atoms with E-state index in [-0.39, 0.29) is 46.1 Å². The fraction of sp³-hybridized carbons (Fsp3) is 0.286. The fourth-order valence-corrected chi connectivity index (χ4v) is 4.14. The maximum Gasteiger partial charge on any atom is 0.315 e. The molecule has 0 aliphatic heterocycles. The van der Waals surface area contributed by atoms with Crippen molar-refractivity contribution in [2.24, 2.45) is 0 Å². The highest BCUT2D eigenvalue weighted by molar-refractivity contribution is 6.38. The molecule has 3 aromatic carbocycles. The molecule has 0 heterocycles. The van der Waals surface area contributed by atoms with Crippen molar-refractivity contribution in [1.29, 1.82) is 0 Å². The first-order valence-corrected chi connectivity index (χ1v) is 12.2. The van der Waals surface area contributed by atoms with E-state index in [4.69, 9.17) is 51.6 Å². The van der Waals surface area contributed by atoms with Gasteiger partial charge in [0.05, 0.1) is 25.3 Å². The Hall–Kier alpha value is -2.97. The molecule has 0 saturated heterocycles. The second-order valence-electron chi connectivity index (χ2n) is 7.70. The SMILES string of the molecule is COCCOc1c(Cl)c([CH]C(=O)OC(c2ccccc2)c2ccccc2)c(OC)c(Cl)c1OCCOC. The summed E-state index contributed by atoms with van der Waals surface area (Å²) in [7, 11) is 4.52. The number of methoxy groups -OCH3 is 3. The van der Waals surface area contributed by atoms with E-state index in [2.05, 4.69) is 0 Å². The fourth-order valence-electron chi connectivity index (χ4n) is 3.54. The Morgan fingerprint density at radius 2 is 1.22 bits per heavy atom. The summed E-state index contributed by atoms with van der Waals surface area (Å²) in [4.78, 5) is 13.2. The summed E-state index contributed by atoms with van der Waals surface area (Å²) in [5, 5.41) is 0.176. The highest BCUT2D eigenvalue weighted by atomic mass is 35.5. The molecule has 0 saturated carbocycles. The van der Waals surface area contributed by atoms with Crippen molar-refractivity contribution in [1.82, 2.24) is 0 Å². The molecule has 3 aromatic rings. The smallest absolute Gasteiger partial charge is 0.315 e. The number of ether oxygens (including phenoxy) is 6. The first kappa shape index (κ1) is 28.6. The predicted octanol–water partition coefficient (Wildman–Crippen LogP) is 5.94. The number of rotatable bonds is 14. The van der Waals surface area contributed by atoms with Crippen molar-refractivity contribution in [3.8, 4) is 17.2 Å². The summed E-state index contributed by atoms with van der Waals surface area (Å²) in [5.74, 6) is -0.174. The van der Waals surface area contributed by atoms with Crippen molar-refractivity contribution in [2.45, 2.75) is 6.10 Å². The molecule has 0 aliphatic rings. The molecule has 7 nitrogen and oxygen atoms in total. The van der Waals surface area contributed by atoms with Gasteiger partial charge in [0.25, 0.3) is 0 Å². The third kappa shape index (κ3) is 7.52. The van der Waals surface area contributed by atoms with Crippen LogP contribution in [0.25, 0.3) is 0 Å². The van der Waals surface area contributed by atoms with E-state index >= 15 is 0 Å². The van der Waals surface area contributed by atoms with E-state index in [1.54, 1.807) is 14.2 Å². The zero-order valence-corrected chi connectivity index (χ0v) is 22.4. The molecule has 37 heavy (non-hydrogen) atoms. The summed E-state index contributed by atoms with van der Waals surface area (Å²) in [6.45, 7) is 0.980. The predicted molar refractivity (Wildman–Crippen MR) is 142 cm³/mol. The van der Waals surface area contributed by atoms with Gasteiger partial charge in [0.1, 0.15) is 30.4 Å². The van der Waals surface area contributed by atoms with Crippen LogP contribution in [0.2, 0.25) is 10.0 Å². The van der Waals surface area contributed by atoms with Gasteiger partial charge in [-0.25, -0.2) is 0 Å². The lowest BCUT2D eigenvalue weighted by Crippen LogP contribution is -2.15. The molecular formula is C28H29Cl2O7. The first-order valence-electron chi connectivity index (χ1n) is 11.5. The zero-order chi connectivity index (χ0) is 26.6. The van der Waals surface area contributed by atoms with Crippen LogP contribution in [0.15, 0.2) is 60.7 Å². The minimum absolute atomic E-state index is 0.0812. The van der Waals surface area contributed by atoms with E-state index in [1.807, 2.05) is 60.7 Å². The van der Waals surface area contributed by atoms with Crippen LogP contribution in [0, 0.1) is 6.42 Å². The molecule has 0 spiro atoms. The molecule has 3 rings (SSSR count). The third-order valence-corrected chi connectivity index (χ3v) is 5.98. The van der Waals surface area contributed by atoms with Gasteiger partial charge >= 0.3 is 5.97 Å². The number of benzene rings is 3. The first-order chi connectivity index (χ1) is 18.0. The Bertz CT molecular complexity index is 1100. The summed E-state index contributed by atoms with van der Waals surface area (Å²) in [6, 6.07) is 18.9. The van der Waals surface area contributed by atoms with E-state index in [0.717, 1.165) is 11.1 Å².